The fourth-order valence-corrected chi connectivity index (χ4v) is 3.61. The summed E-state index contributed by atoms with van der Waals surface area (Å²) >= 11 is 0. The summed E-state index contributed by atoms with van der Waals surface area (Å²) in [6.45, 7) is 10.1. The molecule has 2 aliphatic rings. The predicted octanol–water partition coefficient (Wildman–Crippen LogP) is 3.71. The van der Waals surface area contributed by atoms with Gasteiger partial charge in [0.15, 0.2) is 0 Å². The Morgan fingerprint density at radius 1 is 1.19 bits per heavy atom. The molecule has 2 heterocycles. The first-order valence-electron chi connectivity index (χ1n) is 8.60. The number of fused-ring (bicyclic) bond motifs is 1. The highest BCUT2D eigenvalue weighted by atomic mass is 15.1. The Bertz CT molecular complexity index is 484. The molecule has 1 aromatic rings. The molecule has 1 aromatic heterocycles. The maximum atomic E-state index is 4.88. The van der Waals surface area contributed by atoms with Crippen LogP contribution in [-0.2, 0) is 18.4 Å². The van der Waals surface area contributed by atoms with Gasteiger partial charge >= 0.3 is 0 Å². The predicted molar refractivity (Wildman–Crippen MR) is 86.3 cm³/mol. The van der Waals surface area contributed by atoms with Crippen molar-refractivity contribution in [3.05, 3.63) is 23.3 Å². The minimum atomic E-state index is 0.0423. The topological polar surface area (TPSA) is 29.0 Å². The molecule has 3 heteroatoms. The molecule has 0 saturated heterocycles. The van der Waals surface area contributed by atoms with Gasteiger partial charge in [0.1, 0.15) is 5.82 Å². The van der Waals surface area contributed by atoms with E-state index in [0.717, 1.165) is 24.7 Å². The molecule has 0 N–H and O–H groups in total. The smallest absolute Gasteiger partial charge is 0.133 e. The summed E-state index contributed by atoms with van der Waals surface area (Å²) in [7, 11) is 0. The van der Waals surface area contributed by atoms with E-state index in [1.807, 2.05) is 0 Å². The summed E-state index contributed by atoms with van der Waals surface area (Å²) in [6.07, 6.45) is 10.4. The van der Waals surface area contributed by atoms with E-state index in [4.69, 9.17) is 4.98 Å². The molecule has 1 fully saturated rings. The van der Waals surface area contributed by atoms with E-state index in [9.17, 15) is 0 Å². The standard InChI is InChI=1S/C18H29N3/c1-18(2,3)17-19-11-15-9-10-21(13-16(15)20-17)12-14-7-5-4-6-8-14/h11,14H,4-10,12-13H2,1-3H3. The van der Waals surface area contributed by atoms with Crippen molar-refractivity contribution in [3.63, 3.8) is 0 Å². The summed E-state index contributed by atoms with van der Waals surface area (Å²) in [5, 5.41) is 0. The lowest BCUT2D eigenvalue weighted by Gasteiger charge is -2.33. The van der Waals surface area contributed by atoms with Gasteiger partial charge in [-0.3, -0.25) is 4.90 Å². The molecule has 0 aromatic carbocycles. The SMILES string of the molecule is CC(C)(C)c1ncc2c(n1)CN(CC1CCCCC1)CC2. The average molecular weight is 287 g/mol. The first-order chi connectivity index (χ1) is 10.0. The summed E-state index contributed by atoms with van der Waals surface area (Å²) in [4.78, 5) is 12.1. The van der Waals surface area contributed by atoms with E-state index in [1.165, 1.54) is 56.5 Å². The van der Waals surface area contributed by atoms with Crippen LogP contribution >= 0.6 is 0 Å². The molecular weight excluding hydrogens is 258 g/mol. The average Bonchev–Trinajstić information content (AvgIpc) is 2.46. The van der Waals surface area contributed by atoms with E-state index in [-0.39, 0.29) is 5.41 Å². The third kappa shape index (κ3) is 3.63. The largest absolute Gasteiger partial charge is 0.297 e. The lowest BCUT2D eigenvalue weighted by atomic mass is 9.88. The molecule has 0 spiro atoms. The van der Waals surface area contributed by atoms with Crippen LogP contribution in [0, 0.1) is 5.92 Å². The highest BCUT2D eigenvalue weighted by molar-refractivity contribution is 5.22. The molecule has 0 unspecified atom stereocenters. The van der Waals surface area contributed by atoms with Crippen molar-refractivity contribution in [2.75, 3.05) is 13.1 Å². The summed E-state index contributed by atoms with van der Waals surface area (Å²) in [5.74, 6) is 1.91. The van der Waals surface area contributed by atoms with E-state index in [1.54, 1.807) is 0 Å². The number of nitrogens with zero attached hydrogens (tertiary/aromatic N) is 3. The summed E-state index contributed by atoms with van der Waals surface area (Å²) in [5.41, 5.74) is 2.68. The van der Waals surface area contributed by atoms with E-state index in [2.05, 4.69) is 36.9 Å². The molecular formula is C18H29N3. The molecule has 1 aliphatic carbocycles. The first-order valence-corrected chi connectivity index (χ1v) is 8.60. The highest BCUT2D eigenvalue weighted by Crippen LogP contribution is 2.27. The van der Waals surface area contributed by atoms with Crippen molar-refractivity contribution >= 4 is 0 Å². The van der Waals surface area contributed by atoms with Crippen molar-refractivity contribution in [3.8, 4) is 0 Å². The Labute approximate surface area is 129 Å². The summed E-state index contributed by atoms with van der Waals surface area (Å²) in [6, 6.07) is 0. The molecule has 0 atom stereocenters. The first kappa shape index (κ1) is 15.0. The Morgan fingerprint density at radius 2 is 1.95 bits per heavy atom. The number of hydrogen-bond acceptors (Lipinski definition) is 3. The highest BCUT2D eigenvalue weighted by Gasteiger charge is 2.24. The van der Waals surface area contributed by atoms with Crippen LogP contribution in [0.4, 0.5) is 0 Å². The fraction of sp³-hybridized carbons (Fsp3) is 0.778. The lowest BCUT2D eigenvalue weighted by Crippen LogP contribution is -2.36. The third-order valence-corrected chi connectivity index (χ3v) is 4.94. The van der Waals surface area contributed by atoms with Gasteiger partial charge in [0.05, 0.1) is 5.69 Å². The Hall–Kier alpha value is -0.960. The summed E-state index contributed by atoms with van der Waals surface area (Å²) < 4.78 is 0. The minimum absolute atomic E-state index is 0.0423. The van der Waals surface area contributed by atoms with Crippen molar-refractivity contribution in [2.45, 2.75) is 71.3 Å². The molecule has 0 amide bonds. The van der Waals surface area contributed by atoms with E-state index >= 15 is 0 Å². The Balaban J connectivity index is 1.68. The molecule has 0 radical (unpaired) electrons. The van der Waals surface area contributed by atoms with Crippen LogP contribution in [0.2, 0.25) is 0 Å². The Kier molecular flexibility index (Phi) is 4.30. The normalized spacial score (nSPS) is 21.3. The number of aromatic nitrogens is 2. The van der Waals surface area contributed by atoms with E-state index < -0.39 is 0 Å². The second-order valence-corrected chi connectivity index (χ2v) is 7.90. The molecule has 3 nitrogen and oxygen atoms in total. The monoisotopic (exact) mass is 287 g/mol. The van der Waals surface area contributed by atoms with Crippen molar-refractivity contribution in [1.29, 1.82) is 0 Å². The van der Waals surface area contributed by atoms with E-state index in [0.29, 0.717) is 0 Å². The van der Waals surface area contributed by atoms with Crippen LogP contribution < -0.4 is 0 Å². The minimum Gasteiger partial charge on any atom is -0.297 e. The second-order valence-electron chi connectivity index (χ2n) is 7.90. The van der Waals surface area contributed by atoms with Crippen LogP contribution in [0.25, 0.3) is 0 Å². The van der Waals surface area contributed by atoms with Gasteiger partial charge in [0.2, 0.25) is 0 Å². The zero-order valence-electron chi connectivity index (χ0n) is 13.9. The maximum Gasteiger partial charge on any atom is 0.133 e. The molecule has 1 saturated carbocycles. The lowest BCUT2D eigenvalue weighted by molar-refractivity contribution is 0.184. The van der Waals surface area contributed by atoms with Gasteiger partial charge in [-0.05, 0) is 30.7 Å². The van der Waals surface area contributed by atoms with Crippen molar-refractivity contribution in [1.82, 2.24) is 14.9 Å². The van der Waals surface area contributed by atoms with Crippen LogP contribution in [-0.4, -0.2) is 28.0 Å². The van der Waals surface area contributed by atoms with Gasteiger partial charge in [0, 0.05) is 31.2 Å². The van der Waals surface area contributed by atoms with Gasteiger partial charge in [-0.25, -0.2) is 9.97 Å². The van der Waals surface area contributed by atoms with Gasteiger partial charge in [0.25, 0.3) is 0 Å². The van der Waals surface area contributed by atoms with Crippen LogP contribution in [0.5, 0.6) is 0 Å². The zero-order chi connectivity index (χ0) is 14.9. The van der Waals surface area contributed by atoms with Crippen molar-refractivity contribution < 1.29 is 0 Å². The Morgan fingerprint density at radius 3 is 2.67 bits per heavy atom. The van der Waals surface area contributed by atoms with Gasteiger partial charge < -0.3 is 0 Å². The maximum absolute atomic E-state index is 4.88. The number of rotatable bonds is 2. The molecule has 0 bridgehead atoms. The molecule has 1 aliphatic heterocycles. The molecule has 116 valence electrons. The third-order valence-electron chi connectivity index (χ3n) is 4.94. The van der Waals surface area contributed by atoms with Gasteiger partial charge in [-0.15, -0.1) is 0 Å². The van der Waals surface area contributed by atoms with Crippen molar-refractivity contribution in [2.24, 2.45) is 5.92 Å². The van der Waals surface area contributed by atoms with Crippen LogP contribution in [0.1, 0.15) is 70.0 Å². The number of hydrogen-bond donors (Lipinski definition) is 0. The second kappa shape index (κ2) is 6.04. The van der Waals surface area contributed by atoms with Crippen LogP contribution in [0.15, 0.2) is 6.20 Å². The van der Waals surface area contributed by atoms with Gasteiger partial charge in [-0.2, -0.15) is 0 Å². The molecule has 3 rings (SSSR count). The van der Waals surface area contributed by atoms with Gasteiger partial charge in [-0.1, -0.05) is 40.0 Å². The zero-order valence-corrected chi connectivity index (χ0v) is 13.9. The van der Waals surface area contributed by atoms with Crippen LogP contribution in [0.3, 0.4) is 0 Å². The fourth-order valence-electron chi connectivity index (χ4n) is 3.61. The molecule has 21 heavy (non-hydrogen) atoms. The quantitative estimate of drug-likeness (QED) is 0.830.